The summed E-state index contributed by atoms with van der Waals surface area (Å²) in [5.41, 5.74) is 2.01. The highest BCUT2D eigenvalue weighted by Crippen LogP contribution is 2.13. The fourth-order valence-electron chi connectivity index (χ4n) is 1.63. The van der Waals surface area contributed by atoms with Crippen LogP contribution in [-0.2, 0) is 23.6 Å². The van der Waals surface area contributed by atoms with E-state index in [4.69, 9.17) is 5.14 Å². The highest BCUT2D eigenvalue weighted by atomic mass is 32.2. The second-order valence-corrected chi connectivity index (χ2v) is 5.67. The summed E-state index contributed by atoms with van der Waals surface area (Å²) >= 11 is 0. The van der Waals surface area contributed by atoms with E-state index >= 15 is 0 Å². The van der Waals surface area contributed by atoms with Gasteiger partial charge in [-0.3, -0.25) is 0 Å². The first kappa shape index (κ1) is 12.7. The first-order valence-corrected chi connectivity index (χ1v) is 6.97. The molecule has 96 valence electrons. The van der Waals surface area contributed by atoms with Crippen LogP contribution >= 0.6 is 0 Å². The fraction of sp³-hybridized carbons (Fsp3) is 0.167. The Hall–Kier alpha value is -1.79. The normalized spacial score (nSPS) is 11.4. The Labute approximate surface area is 106 Å². The molecule has 3 N–H and O–H groups in total. The molecule has 1 aromatic heterocycles. The van der Waals surface area contributed by atoms with Gasteiger partial charge in [0.1, 0.15) is 0 Å². The van der Waals surface area contributed by atoms with Crippen molar-refractivity contribution >= 4 is 15.7 Å². The molecule has 0 fully saturated rings. The molecule has 0 radical (unpaired) electrons. The molecule has 6 heteroatoms. The quantitative estimate of drug-likeness (QED) is 0.874. The topological polar surface area (TPSA) is 77.1 Å². The zero-order chi connectivity index (χ0) is 13.2. The van der Waals surface area contributed by atoms with Crippen LogP contribution in [0.3, 0.4) is 0 Å². The van der Waals surface area contributed by atoms with E-state index in [1.807, 2.05) is 30.1 Å². The molecule has 0 saturated heterocycles. The van der Waals surface area contributed by atoms with Gasteiger partial charge in [0.15, 0.2) is 0 Å². The second kappa shape index (κ2) is 4.83. The minimum absolute atomic E-state index is 0.118. The standard InChI is InChI=1S/C12H15N3O2S/c1-15-7-6-10(9-15)8-14-11-2-4-12(5-3-11)18(13,16)17/h2-7,9,14H,8H2,1H3,(H2,13,16,17). The van der Waals surface area contributed by atoms with Crippen molar-refractivity contribution in [2.45, 2.75) is 11.4 Å². The van der Waals surface area contributed by atoms with Crippen LogP contribution in [0, 0.1) is 0 Å². The minimum Gasteiger partial charge on any atom is -0.381 e. The number of nitrogens with two attached hydrogens (primary N) is 1. The van der Waals surface area contributed by atoms with Gasteiger partial charge in [-0.25, -0.2) is 13.6 Å². The van der Waals surface area contributed by atoms with Crippen molar-refractivity contribution in [2.75, 3.05) is 5.32 Å². The van der Waals surface area contributed by atoms with E-state index in [0.717, 1.165) is 11.3 Å². The number of benzene rings is 1. The van der Waals surface area contributed by atoms with E-state index in [-0.39, 0.29) is 4.90 Å². The largest absolute Gasteiger partial charge is 0.381 e. The molecule has 0 amide bonds. The van der Waals surface area contributed by atoms with Gasteiger partial charge in [0.05, 0.1) is 4.90 Å². The summed E-state index contributed by atoms with van der Waals surface area (Å²) in [6.45, 7) is 0.690. The number of rotatable bonds is 4. The van der Waals surface area contributed by atoms with Crippen molar-refractivity contribution in [2.24, 2.45) is 12.2 Å². The van der Waals surface area contributed by atoms with Gasteiger partial charge in [-0.15, -0.1) is 0 Å². The number of aromatic nitrogens is 1. The van der Waals surface area contributed by atoms with Crippen LogP contribution < -0.4 is 10.5 Å². The van der Waals surface area contributed by atoms with Gasteiger partial charge in [0, 0.05) is 31.7 Å². The van der Waals surface area contributed by atoms with Gasteiger partial charge in [0.25, 0.3) is 0 Å². The summed E-state index contributed by atoms with van der Waals surface area (Å²) in [6, 6.07) is 8.39. The van der Waals surface area contributed by atoms with Crippen LogP contribution in [0.1, 0.15) is 5.56 Å². The van der Waals surface area contributed by atoms with E-state index in [2.05, 4.69) is 5.32 Å². The number of hydrogen-bond donors (Lipinski definition) is 2. The molecule has 0 aliphatic carbocycles. The maximum absolute atomic E-state index is 11.1. The van der Waals surface area contributed by atoms with Gasteiger partial charge in [-0.05, 0) is 35.9 Å². The van der Waals surface area contributed by atoms with Crippen LogP contribution in [0.25, 0.3) is 0 Å². The van der Waals surface area contributed by atoms with Crippen molar-refractivity contribution in [1.82, 2.24) is 4.57 Å². The third-order valence-electron chi connectivity index (χ3n) is 2.57. The second-order valence-electron chi connectivity index (χ2n) is 4.11. The number of anilines is 1. The summed E-state index contributed by atoms with van der Waals surface area (Å²) < 4.78 is 24.1. The molecule has 0 unspecified atom stereocenters. The van der Waals surface area contributed by atoms with Crippen molar-refractivity contribution in [1.29, 1.82) is 0 Å². The lowest BCUT2D eigenvalue weighted by Gasteiger charge is -2.05. The monoisotopic (exact) mass is 265 g/mol. The smallest absolute Gasteiger partial charge is 0.238 e. The Balaban J connectivity index is 2.03. The lowest BCUT2D eigenvalue weighted by atomic mass is 10.3. The molecule has 0 aliphatic heterocycles. The van der Waals surface area contributed by atoms with Gasteiger partial charge in [-0.2, -0.15) is 0 Å². The van der Waals surface area contributed by atoms with E-state index in [1.165, 1.54) is 12.1 Å². The van der Waals surface area contributed by atoms with Gasteiger partial charge in [0.2, 0.25) is 10.0 Å². The van der Waals surface area contributed by atoms with Crippen molar-refractivity contribution in [3.63, 3.8) is 0 Å². The van der Waals surface area contributed by atoms with E-state index in [9.17, 15) is 8.42 Å². The molecular formula is C12H15N3O2S. The number of hydrogen-bond acceptors (Lipinski definition) is 3. The average molecular weight is 265 g/mol. The average Bonchev–Trinajstić information content (AvgIpc) is 2.72. The third kappa shape index (κ3) is 3.12. The number of nitrogens with zero attached hydrogens (tertiary/aromatic N) is 1. The Morgan fingerprint density at radius 1 is 1.22 bits per heavy atom. The lowest BCUT2D eigenvalue weighted by Crippen LogP contribution is -2.11. The first-order chi connectivity index (χ1) is 8.45. The molecule has 1 heterocycles. The number of aryl methyl sites for hydroxylation is 1. The van der Waals surface area contributed by atoms with Gasteiger partial charge >= 0.3 is 0 Å². The number of sulfonamides is 1. The first-order valence-electron chi connectivity index (χ1n) is 5.43. The molecule has 2 rings (SSSR count). The molecule has 2 aromatic rings. The molecule has 1 aromatic carbocycles. The van der Waals surface area contributed by atoms with Crippen LogP contribution in [-0.4, -0.2) is 13.0 Å². The SMILES string of the molecule is Cn1ccc(CNc2ccc(S(N)(=O)=O)cc2)c1. The van der Waals surface area contributed by atoms with Gasteiger partial charge in [-0.1, -0.05) is 0 Å². The molecule has 0 spiro atoms. The predicted molar refractivity (Wildman–Crippen MR) is 70.6 cm³/mol. The summed E-state index contributed by atoms with van der Waals surface area (Å²) in [5.74, 6) is 0. The molecule has 5 nitrogen and oxygen atoms in total. The van der Waals surface area contributed by atoms with E-state index in [0.29, 0.717) is 6.54 Å². The zero-order valence-electron chi connectivity index (χ0n) is 10.00. The Kier molecular flexibility index (Phi) is 3.40. The molecular weight excluding hydrogens is 250 g/mol. The molecule has 0 atom stereocenters. The molecule has 0 bridgehead atoms. The van der Waals surface area contributed by atoms with Crippen molar-refractivity contribution < 1.29 is 8.42 Å². The molecule has 18 heavy (non-hydrogen) atoms. The minimum atomic E-state index is -3.61. The Morgan fingerprint density at radius 2 is 1.89 bits per heavy atom. The highest BCUT2D eigenvalue weighted by molar-refractivity contribution is 7.89. The molecule has 0 saturated carbocycles. The Bertz CT molecular complexity index is 630. The van der Waals surface area contributed by atoms with Crippen molar-refractivity contribution in [3.05, 3.63) is 48.3 Å². The van der Waals surface area contributed by atoms with Crippen LogP contribution in [0.4, 0.5) is 5.69 Å². The summed E-state index contributed by atoms with van der Waals surface area (Å²) in [6.07, 6.45) is 3.99. The van der Waals surface area contributed by atoms with E-state index < -0.39 is 10.0 Å². The van der Waals surface area contributed by atoms with Crippen LogP contribution in [0.5, 0.6) is 0 Å². The summed E-state index contributed by atoms with van der Waals surface area (Å²) in [4.78, 5) is 0.118. The third-order valence-corrected chi connectivity index (χ3v) is 3.50. The summed E-state index contributed by atoms with van der Waals surface area (Å²) in [5, 5.41) is 8.23. The van der Waals surface area contributed by atoms with Gasteiger partial charge < -0.3 is 9.88 Å². The zero-order valence-corrected chi connectivity index (χ0v) is 10.8. The summed E-state index contributed by atoms with van der Waals surface area (Å²) in [7, 11) is -1.65. The number of nitrogens with one attached hydrogen (secondary N) is 1. The maximum atomic E-state index is 11.1. The Morgan fingerprint density at radius 3 is 2.39 bits per heavy atom. The molecule has 0 aliphatic rings. The highest BCUT2D eigenvalue weighted by Gasteiger charge is 2.06. The lowest BCUT2D eigenvalue weighted by molar-refractivity contribution is 0.598. The number of primary sulfonamides is 1. The maximum Gasteiger partial charge on any atom is 0.238 e. The van der Waals surface area contributed by atoms with Crippen LogP contribution in [0.2, 0.25) is 0 Å². The van der Waals surface area contributed by atoms with E-state index in [1.54, 1.807) is 12.1 Å². The van der Waals surface area contributed by atoms with Crippen LogP contribution in [0.15, 0.2) is 47.6 Å². The fourth-order valence-corrected chi connectivity index (χ4v) is 2.15. The predicted octanol–water partition coefficient (Wildman–Crippen LogP) is 1.28. The van der Waals surface area contributed by atoms with Crippen molar-refractivity contribution in [3.8, 4) is 0 Å².